The molecule has 0 aromatic heterocycles. The number of halogens is 6. The molecular formula is C47H44Br2Cl4LiN2O14S2-. The van der Waals surface area contributed by atoms with Crippen molar-refractivity contribution < 1.29 is 85.0 Å². The number of rotatable bonds is 18. The Bertz CT molecular complexity index is 3030. The molecule has 0 aliphatic heterocycles. The van der Waals surface area contributed by atoms with E-state index in [1.165, 1.54) is 33.5 Å². The molecule has 0 radical (unpaired) electrons. The first kappa shape index (κ1) is 64.0. The summed E-state index contributed by atoms with van der Waals surface area (Å²) >= 11 is 31.5. The number of carbonyl (C=O) groups excluding carboxylic acids is 1. The smallest absolute Gasteiger partial charge is 0.870 e. The molecule has 6 aromatic rings. The Hall–Kier alpha value is -4.08. The Kier molecular flexibility index (Phi) is 25.4. The molecule has 25 heteroatoms. The number of carboxylic acid groups (broad SMARTS) is 1. The summed E-state index contributed by atoms with van der Waals surface area (Å²) in [5, 5.41) is 10.3. The molecule has 382 valence electrons. The summed E-state index contributed by atoms with van der Waals surface area (Å²) in [4.78, 5) is 23.4. The average Bonchev–Trinajstić information content (AvgIpc) is 3.29. The van der Waals surface area contributed by atoms with Gasteiger partial charge in [-0.05, 0) is 96.8 Å². The third-order valence-corrected chi connectivity index (χ3v) is 15.7. The third kappa shape index (κ3) is 17.0. The van der Waals surface area contributed by atoms with E-state index in [1.807, 2.05) is 0 Å². The first-order valence-corrected chi connectivity index (χ1v) is 25.9. The van der Waals surface area contributed by atoms with Crippen molar-refractivity contribution in [1.29, 1.82) is 0 Å². The van der Waals surface area contributed by atoms with Gasteiger partial charge in [0.25, 0.3) is 0 Å². The zero-order valence-corrected chi connectivity index (χ0v) is 46.9. The normalized spacial score (nSPS) is 11.0. The molecule has 0 heterocycles. The minimum Gasteiger partial charge on any atom is -0.870 e. The number of carboxylic acids is 1. The molecule has 0 aliphatic rings. The van der Waals surface area contributed by atoms with Crippen LogP contribution in [0.5, 0.6) is 34.5 Å². The Morgan fingerprint density at radius 3 is 1.17 bits per heavy atom. The maximum absolute atomic E-state index is 13.7. The van der Waals surface area contributed by atoms with Crippen LogP contribution in [-0.2, 0) is 47.5 Å². The molecule has 6 aromatic carbocycles. The zero-order chi connectivity index (χ0) is 50.8. The summed E-state index contributed by atoms with van der Waals surface area (Å²) < 4.78 is 84.3. The van der Waals surface area contributed by atoms with Gasteiger partial charge >= 0.3 is 30.8 Å². The van der Waals surface area contributed by atoms with Crippen molar-refractivity contribution in [2.24, 2.45) is 0 Å². The maximum Gasteiger partial charge on any atom is 1.00 e. The third-order valence-electron chi connectivity index (χ3n) is 9.80. The topological polar surface area (TPSA) is 235 Å². The largest absolute Gasteiger partial charge is 1.00 e. The van der Waals surface area contributed by atoms with Crippen LogP contribution < -0.4 is 37.8 Å². The number of nitrogens with zero attached hydrogens (tertiary/aromatic N) is 2. The summed E-state index contributed by atoms with van der Waals surface area (Å²) in [7, 11) is -4.11. The number of methoxy groups -OCH3 is 3. The second kappa shape index (κ2) is 28.6. The Morgan fingerprint density at radius 2 is 0.861 bits per heavy atom. The molecule has 0 aliphatic carbocycles. The number of carbonyl (C=O) groups is 2. The predicted molar refractivity (Wildman–Crippen MR) is 276 cm³/mol. The van der Waals surface area contributed by atoms with Crippen LogP contribution in [0.25, 0.3) is 0 Å². The van der Waals surface area contributed by atoms with E-state index in [1.54, 1.807) is 111 Å². The number of sulfonamides is 2. The molecule has 0 fully saturated rings. The second-order valence-corrected chi connectivity index (χ2v) is 21.9. The molecule has 0 atom stereocenters. The summed E-state index contributed by atoms with van der Waals surface area (Å²) in [5.74, 6) is -0.00824. The first-order chi connectivity index (χ1) is 32.5. The van der Waals surface area contributed by atoms with Crippen molar-refractivity contribution in [1.82, 2.24) is 8.61 Å². The number of ether oxygens (including phenoxy) is 5. The van der Waals surface area contributed by atoms with E-state index in [0.29, 0.717) is 42.7 Å². The maximum atomic E-state index is 13.7. The van der Waals surface area contributed by atoms with E-state index in [9.17, 15) is 31.5 Å². The number of hydrogen-bond donors (Lipinski definition) is 1. The molecule has 72 heavy (non-hydrogen) atoms. The summed E-state index contributed by atoms with van der Waals surface area (Å²) in [5.41, 5.74) is 2.15. The van der Waals surface area contributed by atoms with Crippen molar-refractivity contribution >= 4 is 110 Å². The van der Waals surface area contributed by atoms with Gasteiger partial charge in [0.15, 0.2) is 11.5 Å². The van der Waals surface area contributed by atoms with Gasteiger partial charge in [-0.3, -0.25) is 9.59 Å². The van der Waals surface area contributed by atoms with Crippen LogP contribution in [0.1, 0.15) is 22.3 Å². The fraction of sp³-hybridized carbons (Fsp3) is 0.191. The fourth-order valence-electron chi connectivity index (χ4n) is 6.29. The van der Waals surface area contributed by atoms with Gasteiger partial charge in [-0.1, -0.05) is 115 Å². The molecule has 0 bridgehead atoms. The van der Waals surface area contributed by atoms with E-state index in [0.717, 1.165) is 8.61 Å². The number of esters is 1. The van der Waals surface area contributed by atoms with Gasteiger partial charge in [0.2, 0.25) is 20.0 Å². The van der Waals surface area contributed by atoms with Crippen molar-refractivity contribution in [3.8, 4) is 34.5 Å². The van der Waals surface area contributed by atoms with Crippen LogP contribution in [0.3, 0.4) is 0 Å². The zero-order valence-electron chi connectivity index (χ0n) is 39.0. The summed E-state index contributed by atoms with van der Waals surface area (Å²) in [6.07, 6.45) is 0. The average molecular weight is 1230 g/mol. The van der Waals surface area contributed by atoms with E-state index in [2.05, 4.69) is 31.9 Å². The molecule has 6 rings (SSSR count). The van der Waals surface area contributed by atoms with Gasteiger partial charge < -0.3 is 39.7 Å². The van der Waals surface area contributed by atoms with Crippen molar-refractivity contribution in [2.75, 3.05) is 34.4 Å². The van der Waals surface area contributed by atoms with E-state index >= 15 is 0 Å². The number of aryl methyl sites for hydroxylation is 2. The summed E-state index contributed by atoms with van der Waals surface area (Å²) in [6.45, 7) is 1.87. The van der Waals surface area contributed by atoms with Crippen LogP contribution in [0.2, 0.25) is 20.1 Å². The second-order valence-electron chi connectivity index (χ2n) is 14.7. The Labute approximate surface area is 466 Å². The molecule has 0 amide bonds. The van der Waals surface area contributed by atoms with Gasteiger partial charge in [-0.15, -0.1) is 0 Å². The molecule has 3 N–H and O–H groups in total. The van der Waals surface area contributed by atoms with E-state index in [-0.39, 0.29) is 95.8 Å². The minimum absolute atomic E-state index is 0. The predicted octanol–water partition coefficient (Wildman–Crippen LogP) is 9.02. The van der Waals surface area contributed by atoms with Crippen LogP contribution in [0.15, 0.2) is 128 Å². The van der Waals surface area contributed by atoms with Gasteiger partial charge in [0.05, 0.1) is 51.2 Å². The Morgan fingerprint density at radius 1 is 0.542 bits per heavy atom. The van der Waals surface area contributed by atoms with Gasteiger partial charge in [0.1, 0.15) is 36.1 Å². The number of hydrogen-bond acceptors (Lipinski definition) is 13. The van der Waals surface area contributed by atoms with Crippen molar-refractivity contribution in [3.05, 3.63) is 160 Å². The van der Waals surface area contributed by atoms with Crippen LogP contribution >= 0.6 is 78.3 Å². The minimum atomic E-state index is -4.21. The summed E-state index contributed by atoms with van der Waals surface area (Å²) in [6, 6.07) is 29.0. The van der Waals surface area contributed by atoms with Crippen LogP contribution in [0.4, 0.5) is 0 Å². The van der Waals surface area contributed by atoms with Crippen LogP contribution in [0, 0.1) is 13.8 Å². The van der Waals surface area contributed by atoms with E-state index in [4.69, 9.17) is 70.1 Å². The standard InChI is InChI=1S/C24H22BrCl2NO6S.C23H20BrCl2NO6S.Li.2H2O/c1-15-4-7-19(34-24-20(26)10-17(25)11-21(24)27)12-22(15)35(30,31)28(14-23(29)33-3)13-16-5-8-18(32-2)9-6-16;1-14-3-6-18(33-23-19(25)9-16(24)10-20(23)26)11-21(14)34(30,31)27(13-22(28)29)12-15-4-7-17(32-2)8-5-15;;;/h4-12H,13-14H2,1-3H3;3-11H,12-13H2,1-2H3,(H,28,29);;2*1H2/q;;+1;;/p-2. The van der Waals surface area contributed by atoms with E-state index < -0.39 is 45.1 Å². The van der Waals surface area contributed by atoms with Gasteiger partial charge in [0, 0.05) is 34.2 Å². The Balaban J connectivity index is 0.000000474. The number of benzene rings is 6. The van der Waals surface area contributed by atoms with Crippen LogP contribution in [-0.4, -0.2) is 87.9 Å². The molecule has 0 spiro atoms. The molecule has 16 nitrogen and oxygen atoms in total. The number of aliphatic carboxylic acids is 1. The van der Waals surface area contributed by atoms with Crippen molar-refractivity contribution in [2.45, 2.75) is 36.7 Å². The molecule has 0 saturated carbocycles. The quantitative estimate of drug-likeness (QED) is 0.0625. The molecular weight excluding hydrogens is 1190 g/mol. The van der Waals surface area contributed by atoms with Crippen molar-refractivity contribution in [3.63, 3.8) is 0 Å². The molecule has 0 saturated heterocycles. The van der Waals surface area contributed by atoms with Gasteiger partial charge in [-0.2, -0.15) is 8.61 Å². The SMILES string of the molecule is COC(=O)CN(Cc1ccc(OC)cc1)S(=O)(=O)c1cc(Oc2c(Cl)cc(Br)cc2Cl)ccc1C.COc1ccc(CN(CC(=O)O)S(=O)(=O)c2cc(Oc3c(Cl)cc(Br)cc3Cl)ccc2C)cc1.[Li+].[OH-].[OH-]. The fourth-order valence-corrected chi connectivity index (χ4v) is 12.1. The molecule has 0 unspecified atom stereocenters. The van der Waals surface area contributed by atoms with Gasteiger partial charge in [-0.25, -0.2) is 16.8 Å². The monoisotopic (exact) mass is 1230 g/mol. The first-order valence-electron chi connectivity index (χ1n) is 20.0.